The minimum absolute atomic E-state index is 0.328. The highest BCUT2D eigenvalue weighted by molar-refractivity contribution is 5.34. The molecule has 2 atom stereocenters. The van der Waals surface area contributed by atoms with Crippen LogP contribution in [0, 0.1) is 0 Å². The third kappa shape index (κ3) is 5.57. The van der Waals surface area contributed by atoms with Crippen molar-refractivity contribution in [3.63, 3.8) is 0 Å². The van der Waals surface area contributed by atoms with Gasteiger partial charge in [-0.1, -0.05) is 83.1 Å². The largest absolute Gasteiger partial charge is 0.379 e. The zero-order chi connectivity index (χ0) is 19.1. The van der Waals surface area contributed by atoms with E-state index in [1.54, 1.807) is 0 Å². The van der Waals surface area contributed by atoms with E-state index in [9.17, 15) is 0 Å². The maximum atomic E-state index is 6.07. The Morgan fingerprint density at radius 1 is 0.889 bits per heavy atom. The molecule has 0 amide bonds. The molecular weight excluding hydrogens is 330 g/mol. The molecule has 1 aromatic rings. The quantitative estimate of drug-likeness (QED) is 0.598. The van der Waals surface area contributed by atoms with E-state index in [0.29, 0.717) is 17.9 Å². The summed E-state index contributed by atoms with van der Waals surface area (Å²) >= 11 is 0. The fraction of sp³-hybridized carbons (Fsp3) is 0.760. The average molecular weight is 372 g/mol. The first-order chi connectivity index (χ1) is 13.2. The number of likely N-dealkylation sites (tertiary alicyclic amines) is 1. The number of nitrogens with zero attached hydrogens (tertiary/aromatic N) is 1. The van der Waals surface area contributed by atoms with E-state index in [4.69, 9.17) is 4.74 Å². The van der Waals surface area contributed by atoms with Gasteiger partial charge in [0.1, 0.15) is 0 Å². The molecule has 27 heavy (non-hydrogen) atoms. The van der Waals surface area contributed by atoms with Gasteiger partial charge in [0.25, 0.3) is 0 Å². The lowest BCUT2D eigenvalue weighted by Gasteiger charge is -2.43. The minimum atomic E-state index is 0.328. The summed E-state index contributed by atoms with van der Waals surface area (Å²) in [5.41, 5.74) is 3.04. The van der Waals surface area contributed by atoms with Crippen LogP contribution in [0.5, 0.6) is 0 Å². The zero-order valence-corrected chi connectivity index (χ0v) is 18.0. The van der Waals surface area contributed by atoms with Gasteiger partial charge < -0.3 is 4.74 Å². The number of hydrogen-bond acceptors (Lipinski definition) is 2. The monoisotopic (exact) mass is 371 g/mol. The molecule has 1 heterocycles. The Kier molecular flexibility index (Phi) is 8.21. The number of rotatable bonds is 4. The van der Waals surface area contributed by atoms with E-state index in [-0.39, 0.29) is 0 Å². The third-order valence-corrected chi connectivity index (χ3v) is 7.00. The Hall–Kier alpha value is -0.860. The van der Waals surface area contributed by atoms with Crippen LogP contribution in [-0.4, -0.2) is 37.2 Å². The van der Waals surface area contributed by atoms with Gasteiger partial charge in [-0.05, 0) is 42.9 Å². The Labute approximate surface area is 167 Å². The highest BCUT2D eigenvalue weighted by Gasteiger charge is 2.34. The molecule has 2 fully saturated rings. The first-order valence-electron chi connectivity index (χ1n) is 11.6. The Bertz CT molecular complexity index is 545. The van der Waals surface area contributed by atoms with Crippen LogP contribution in [0.25, 0.3) is 0 Å². The van der Waals surface area contributed by atoms with Crippen molar-refractivity contribution in [3.8, 4) is 0 Å². The molecule has 1 saturated carbocycles. The topological polar surface area (TPSA) is 12.5 Å². The molecule has 3 rings (SSSR count). The molecular formula is C25H41NO. The van der Waals surface area contributed by atoms with Crippen molar-refractivity contribution < 1.29 is 4.74 Å². The molecule has 2 heteroatoms. The van der Waals surface area contributed by atoms with Gasteiger partial charge in [0.05, 0.1) is 6.10 Å². The van der Waals surface area contributed by atoms with Crippen molar-refractivity contribution >= 4 is 0 Å². The number of methoxy groups -OCH3 is 1. The summed E-state index contributed by atoms with van der Waals surface area (Å²) in [4.78, 5) is 2.78. The van der Waals surface area contributed by atoms with Crippen LogP contribution in [0.15, 0.2) is 24.3 Å². The van der Waals surface area contributed by atoms with Crippen molar-refractivity contribution in [2.24, 2.45) is 0 Å². The Morgan fingerprint density at radius 3 is 2.15 bits per heavy atom. The van der Waals surface area contributed by atoms with Gasteiger partial charge >= 0.3 is 0 Å². The zero-order valence-electron chi connectivity index (χ0n) is 18.0. The normalized spacial score (nSPS) is 27.0. The number of benzene rings is 1. The average Bonchev–Trinajstić information content (AvgIpc) is 2.71. The summed E-state index contributed by atoms with van der Waals surface area (Å²) < 4.78 is 6.07. The Balaban J connectivity index is 1.68. The van der Waals surface area contributed by atoms with Crippen molar-refractivity contribution in [1.29, 1.82) is 0 Å². The smallest absolute Gasteiger partial charge is 0.0767 e. The second kappa shape index (κ2) is 10.6. The van der Waals surface area contributed by atoms with Gasteiger partial charge in [-0.25, -0.2) is 0 Å². The summed E-state index contributed by atoms with van der Waals surface area (Å²) in [7, 11) is 1.92. The van der Waals surface area contributed by atoms with Gasteiger partial charge in [-0.2, -0.15) is 0 Å². The van der Waals surface area contributed by atoms with Crippen LogP contribution < -0.4 is 0 Å². The van der Waals surface area contributed by atoms with Gasteiger partial charge in [-0.15, -0.1) is 0 Å². The summed E-state index contributed by atoms with van der Waals surface area (Å²) in [5.74, 6) is 1.12. The predicted molar refractivity (Wildman–Crippen MR) is 116 cm³/mol. The van der Waals surface area contributed by atoms with Crippen molar-refractivity contribution in [1.82, 2.24) is 4.90 Å². The van der Waals surface area contributed by atoms with E-state index < -0.39 is 0 Å². The number of ether oxygens (including phenoxy) is 1. The van der Waals surface area contributed by atoms with Crippen LogP contribution in [0.3, 0.4) is 0 Å². The van der Waals surface area contributed by atoms with E-state index in [0.717, 1.165) is 12.6 Å². The van der Waals surface area contributed by atoms with Crippen LogP contribution >= 0.6 is 0 Å². The molecule has 0 spiro atoms. The SMILES string of the molecule is COC1CN(C2CCCCCCCCC2)CCC1c1ccccc1C(C)C. The maximum absolute atomic E-state index is 6.07. The fourth-order valence-electron chi connectivity index (χ4n) is 5.39. The van der Waals surface area contributed by atoms with Gasteiger partial charge in [0, 0.05) is 25.6 Å². The molecule has 2 unspecified atom stereocenters. The number of hydrogen-bond donors (Lipinski definition) is 0. The van der Waals surface area contributed by atoms with Gasteiger partial charge in [0.2, 0.25) is 0 Å². The summed E-state index contributed by atoms with van der Waals surface area (Å²) in [6, 6.07) is 9.85. The highest BCUT2D eigenvalue weighted by atomic mass is 16.5. The van der Waals surface area contributed by atoms with Gasteiger partial charge in [0.15, 0.2) is 0 Å². The second-order valence-electron chi connectivity index (χ2n) is 9.15. The molecule has 2 nitrogen and oxygen atoms in total. The first kappa shape index (κ1) is 20.9. The second-order valence-corrected chi connectivity index (χ2v) is 9.15. The fourth-order valence-corrected chi connectivity index (χ4v) is 5.39. The molecule has 2 aliphatic rings. The molecule has 1 aliphatic heterocycles. The molecule has 1 aliphatic carbocycles. The van der Waals surface area contributed by atoms with Crippen molar-refractivity contribution in [2.45, 2.75) is 102 Å². The van der Waals surface area contributed by atoms with E-state index >= 15 is 0 Å². The molecule has 1 saturated heterocycles. The van der Waals surface area contributed by atoms with Crippen LogP contribution in [0.1, 0.15) is 101 Å². The summed E-state index contributed by atoms with van der Waals surface area (Å²) in [6.45, 7) is 6.98. The third-order valence-electron chi connectivity index (χ3n) is 7.00. The highest BCUT2D eigenvalue weighted by Crippen LogP contribution is 2.36. The van der Waals surface area contributed by atoms with E-state index in [1.165, 1.54) is 81.9 Å². The predicted octanol–water partition coefficient (Wildman–Crippen LogP) is 6.51. The van der Waals surface area contributed by atoms with Crippen LogP contribution in [0.2, 0.25) is 0 Å². The molecule has 0 bridgehead atoms. The minimum Gasteiger partial charge on any atom is -0.379 e. The van der Waals surface area contributed by atoms with Crippen molar-refractivity contribution in [2.75, 3.05) is 20.2 Å². The molecule has 1 aromatic carbocycles. The lowest BCUT2D eigenvalue weighted by Crippen LogP contribution is -2.48. The van der Waals surface area contributed by atoms with E-state index in [1.807, 2.05) is 7.11 Å². The first-order valence-corrected chi connectivity index (χ1v) is 11.6. The maximum Gasteiger partial charge on any atom is 0.0767 e. The summed E-state index contributed by atoms with van der Waals surface area (Å²) in [6.07, 6.45) is 14.4. The van der Waals surface area contributed by atoms with E-state index in [2.05, 4.69) is 43.0 Å². The standard InChI is InChI=1S/C25H41NO/c1-20(2)22-15-11-12-16-23(22)24-17-18-26(19-25(24)27-3)21-13-9-7-5-4-6-8-10-14-21/h11-12,15-16,20-21,24-25H,4-10,13-14,17-19H2,1-3H3. The molecule has 0 N–H and O–H groups in total. The molecule has 0 radical (unpaired) electrons. The molecule has 152 valence electrons. The summed E-state index contributed by atoms with van der Waals surface area (Å²) in [5, 5.41) is 0. The lowest BCUT2D eigenvalue weighted by molar-refractivity contribution is -0.00491. The lowest BCUT2D eigenvalue weighted by atomic mass is 9.81. The Morgan fingerprint density at radius 2 is 1.52 bits per heavy atom. The van der Waals surface area contributed by atoms with Gasteiger partial charge in [-0.3, -0.25) is 4.90 Å². The van der Waals surface area contributed by atoms with Crippen molar-refractivity contribution in [3.05, 3.63) is 35.4 Å². The van der Waals surface area contributed by atoms with Crippen LogP contribution in [0.4, 0.5) is 0 Å². The molecule has 0 aromatic heterocycles. The van der Waals surface area contributed by atoms with Crippen LogP contribution in [-0.2, 0) is 4.74 Å². The number of piperidine rings is 1.